The molecule has 0 fully saturated rings. The van der Waals surface area contributed by atoms with Gasteiger partial charge in [0.1, 0.15) is 0 Å². The van der Waals surface area contributed by atoms with Gasteiger partial charge in [0, 0.05) is 50.9 Å². The van der Waals surface area contributed by atoms with Crippen LogP contribution in [0.4, 0.5) is 21.9 Å². The third-order valence-electron chi connectivity index (χ3n) is 4.77. The van der Waals surface area contributed by atoms with Crippen molar-refractivity contribution in [2.24, 2.45) is 0 Å². The summed E-state index contributed by atoms with van der Waals surface area (Å²) in [4.78, 5) is 27.0. The van der Waals surface area contributed by atoms with Crippen LogP contribution >= 0.6 is 0 Å². The maximum atomic E-state index is 12.7. The minimum Gasteiger partial charge on any atom is -0.382 e. The molecule has 3 N–H and O–H groups in total. The van der Waals surface area contributed by atoms with Crippen LogP contribution in [0, 0.1) is 0 Å². The van der Waals surface area contributed by atoms with E-state index < -0.39 is 0 Å². The molecule has 2 aromatic carbocycles. The topological polar surface area (TPSA) is 82.7 Å². The molecule has 168 valence electrons. The Kier molecular flexibility index (Phi) is 9.34. The van der Waals surface area contributed by atoms with Crippen LogP contribution in [0.1, 0.15) is 49.0 Å². The molecule has 0 aromatic heterocycles. The third-order valence-corrected chi connectivity index (χ3v) is 4.77. The fraction of sp³-hybridized carbons (Fsp3) is 0.417. The molecule has 2 rings (SSSR count). The summed E-state index contributed by atoms with van der Waals surface area (Å²) in [5.74, 6) is 0.246. The van der Waals surface area contributed by atoms with Crippen molar-refractivity contribution in [3.63, 3.8) is 0 Å². The summed E-state index contributed by atoms with van der Waals surface area (Å²) in [6.07, 6.45) is 0.743. The molecule has 0 saturated heterocycles. The number of amides is 3. The van der Waals surface area contributed by atoms with E-state index in [1.807, 2.05) is 56.3 Å². The van der Waals surface area contributed by atoms with E-state index in [0.717, 1.165) is 12.1 Å². The number of carbonyl (C=O) groups is 2. The first kappa shape index (κ1) is 24.2. The highest BCUT2D eigenvalue weighted by molar-refractivity contribution is 6.03. The van der Waals surface area contributed by atoms with E-state index in [-0.39, 0.29) is 11.9 Å². The van der Waals surface area contributed by atoms with Gasteiger partial charge in [0.15, 0.2) is 0 Å². The lowest BCUT2D eigenvalue weighted by Gasteiger charge is -2.18. The molecule has 0 bridgehead atoms. The molecule has 0 aliphatic rings. The minimum atomic E-state index is -0.363. The molecule has 7 nitrogen and oxygen atoms in total. The number of anilines is 3. The molecule has 2 aromatic rings. The Bertz CT molecular complexity index is 864. The van der Waals surface area contributed by atoms with E-state index in [0.29, 0.717) is 42.6 Å². The quantitative estimate of drug-likeness (QED) is 0.482. The molecule has 31 heavy (non-hydrogen) atoms. The summed E-state index contributed by atoms with van der Waals surface area (Å²) in [6, 6.07) is 12.7. The van der Waals surface area contributed by atoms with Gasteiger partial charge in [0.2, 0.25) is 0 Å². The number of nitrogens with one attached hydrogen (secondary N) is 3. The van der Waals surface area contributed by atoms with Gasteiger partial charge in [-0.25, -0.2) is 4.79 Å². The molecule has 0 heterocycles. The van der Waals surface area contributed by atoms with E-state index in [2.05, 4.69) is 29.8 Å². The van der Waals surface area contributed by atoms with Crippen molar-refractivity contribution in [1.29, 1.82) is 0 Å². The summed E-state index contributed by atoms with van der Waals surface area (Å²) in [7, 11) is 3.75. The van der Waals surface area contributed by atoms with Crippen LogP contribution < -0.4 is 20.9 Å². The number of benzene rings is 2. The number of rotatable bonds is 10. The molecular formula is C24H34N4O3. The minimum absolute atomic E-state index is 0.187. The van der Waals surface area contributed by atoms with E-state index in [1.54, 1.807) is 12.1 Å². The monoisotopic (exact) mass is 426 g/mol. The van der Waals surface area contributed by atoms with Crippen molar-refractivity contribution in [3.05, 3.63) is 53.6 Å². The molecule has 0 unspecified atom stereocenters. The molecule has 0 aliphatic carbocycles. The Morgan fingerprint density at radius 1 is 1.00 bits per heavy atom. The van der Waals surface area contributed by atoms with Gasteiger partial charge in [-0.1, -0.05) is 26.0 Å². The first-order valence-electron chi connectivity index (χ1n) is 10.7. The highest BCUT2D eigenvalue weighted by Crippen LogP contribution is 2.23. The van der Waals surface area contributed by atoms with Gasteiger partial charge < -0.3 is 25.6 Å². The van der Waals surface area contributed by atoms with E-state index in [1.165, 1.54) is 5.56 Å². The number of urea groups is 1. The predicted molar refractivity (Wildman–Crippen MR) is 127 cm³/mol. The average Bonchev–Trinajstić information content (AvgIpc) is 2.73. The second-order valence-electron chi connectivity index (χ2n) is 7.79. The molecular weight excluding hydrogens is 392 g/mol. The van der Waals surface area contributed by atoms with Crippen molar-refractivity contribution in [2.45, 2.75) is 33.1 Å². The van der Waals surface area contributed by atoms with Crippen LogP contribution in [0.2, 0.25) is 0 Å². The van der Waals surface area contributed by atoms with Gasteiger partial charge in [-0.05, 0) is 55.2 Å². The number of ether oxygens (including phenoxy) is 1. The van der Waals surface area contributed by atoms with Crippen LogP contribution in [-0.4, -0.2) is 45.8 Å². The Morgan fingerprint density at radius 2 is 1.65 bits per heavy atom. The lowest BCUT2D eigenvalue weighted by atomic mass is 10.0. The first-order chi connectivity index (χ1) is 14.8. The molecule has 7 heteroatoms. The molecule has 0 atom stereocenters. The smallest absolute Gasteiger partial charge is 0.323 e. The van der Waals surface area contributed by atoms with Crippen LogP contribution in [0.3, 0.4) is 0 Å². The van der Waals surface area contributed by atoms with Gasteiger partial charge >= 0.3 is 6.03 Å². The number of hydrogen-bond donors (Lipinski definition) is 3. The molecule has 0 radical (unpaired) electrons. The lowest BCUT2D eigenvalue weighted by Crippen LogP contribution is -2.27. The van der Waals surface area contributed by atoms with Gasteiger partial charge in [-0.3, -0.25) is 4.79 Å². The van der Waals surface area contributed by atoms with Crippen LogP contribution in [0.15, 0.2) is 42.5 Å². The van der Waals surface area contributed by atoms with E-state index in [4.69, 9.17) is 4.74 Å². The van der Waals surface area contributed by atoms with E-state index >= 15 is 0 Å². The molecule has 0 aliphatic heterocycles. The van der Waals surface area contributed by atoms with Gasteiger partial charge in [0.05, 0.1) is 5.56 Å². The number of nitrogens with zero attached hydrogens (tertiary/aromatic N) is 1. The second kappa shape index (κ2) is 12.0. The van der Waals surface area contributed by atoms with Crippen molar-refractivity contribution in [2.75, 3.05) is 49.4 Å². The highest BCUT2D eigenvalue weighted by Gasteiger charge is 2.15. The Labute approximate surface area is 185 Å². The fourth-order valence-electron chi connectivity index (χ4n) is 3.05. The molecule has 0 spiro atoms. The average molecular weight is 427 g/mol. The van der Waals surface area contributed by atoms with Crippen molar-refractivity contribution < 1.29 is 14.3 Å². The number of carbonyl (C=O) groups excluding carboxylic acids is 2. The summed E-state index contributed by atoms with van der Waals surface area (Å²) in [6.45, 7) is 7.99. The lowest BCUT2D eigenvalue weighted by molar-refractivity contribution is 0.0944. The van der Waals surface area contributed by atoms with Crippen molar-refractivity contribution >= 4 is 29.0 Å². The normalized spacial score (nSPS) is 10.6. The zero-order valence-corrected chi connectivity index (χ0v) is 19.1. The van der Waals surface area contributed by atoms with E-state index in [9.17, 15) is 9.59 Å². The highest BCUT2D eigenvalue weighted by atomic mass is 16.5. The summed E-state index contributed by atoms with van der Waals surface area (Å²) < 4.78 is 5.30. The largest absolute Gasteiger partial charge is 0.382 e. The van der Waals surface area contributed by atoms with Gasteiger partial charge in [-0.2, -0.15) is 0 Å². The van der Waals surface area contributed by atoms with Crippen LogP contribution in [-0.2, 0) is 4.74 Å². The van der Waals surface area contributed by atoms with Gasteiger partial charge in [-0.15, -0.1) is 0 Å². The molecule has 0 saturated carbocycles. The predicted octanol–water partition coefficient (Wildman–Crippen LogP) is 4.68. The zero-order chi connectivity index (χ0) is 22.8. The first-order valence-corrected chi connectivity index (χ1v) is 10.7. The molecule has 3 amide bonds. The summed E-state index contributed by atoms with van der Waals surface area (Å²) in [5.41, 5.74) is 3.74. The number of hydrogen-bond acceptors (Lipinski definition) is 4. The SMILES string of the molecule is CCOCCCNC(=O)c1cc(NC(=O)Nc2ccc(C(C)C)cc2)ccc1N(C)C. The zero-order valence-electron chi connectivity index (χ0n) is 19.1. The van der Waals surface area contributed by atoms with Crippen LogP contribution in [0.5, 0.6) is 0 Å². The Morgan fingerprint density at radius 3 is 2.26 bits per heavy atom. The Hall–Kier alpha value is -3.06. The maximum Gasteiger partial charge on any atom is 0.323 e. The summed E-state index contributed by atoms with van der Waals surface area (Å²) >= 11 is 0. The summed E-state index contributed by atoms with van der Waals surface area (Å²) in [5, 5.41) is 8.54. The fourth-order valence-corrected chi connectivity index (χ4v) is 3.05. The third kappa shape index (κ3) is 7.61. The standard InChI is InChI=1S/C24H34N4O3/c1-6-31-15-7-14-25-23(29)21-16-20(12-13-22(21)28(4)5)27-24(30)26-19-10-8-18(9-11-19)17(2)3/h8-13,16-17H,6-7,14-15H2,1-5H3,(H,25,29)(H2,26,27,30). The van der Waals surface area contributed by atoms with Crippen molar-refractivity contribution in [3.8, 4) is 0 Å². The van der Waals surface area contributed by atoms with Crippen LogP contribution in [0.25, 0.3) is 0 Å². The van der Waals surface area contributed by atoms with Crippen molar-refractivity contribution in [1.82, 2.24) is 5.32 Å². The second-order valence-corrected chi connectivity index (χ2v) is 7.79. The maximum absolute atomic E-state index is 12.7. The Balaban J connectivity index is 2.04. The van der Waals surface area contributed by atoms with Gasteiger partial charge in [0.25, 0.3) is 5.91 Å².